The van der Waals surface area contributed by atoms with Crippen molar-refractivity contribution in [3.8, 4) is 6.07 Å². The highest BCUT2D eigenvalue weighted by molar-refractivity contribution is 7.21. The summed E-state index contributed by atoms with van der Waals surface area (Å²) in [6.45, 7) is 2.30. The zero-order valence-corrected chi connectivity index (χ0v) is 11.6. The number of pyridine rings is 1. The number of aromatic nitrogens is 1. The van der Waals surface area contributed by atoms with E-state index in [1.165, 1.54) is 16.2 Å². The second-order valence-corrected chi connectivity index (χ2v) is 5.28. The lowest BCUT2D eigenvalue weighted by Crippen LogP contribution is -2.27. The van der Waals surface area contributed by atoms with Gasteiger partial charge in [-0.25, -0.2) is 4.98 Å². The minimum atomic E-state index is -0.159. The van der Waals surface area contributed by atoms with Gasteiger partial charge in [0, 0.05) is 24.7 Å². The van der Waals surface area contributed by atoms with E-state index in [-0.39, 0.29) is 5.91 Å². The van der Waals surface area contributed by atoms with Crippen molar-refractivity contribution < 1.29 is 4.79 Å². The van der Waals surface area contributed by atoms with E-state index in [4.69, 9.17) is 11.0 Å². The third kappa shape index (κ3) is 2.51. The fourth-order valence-electron chi connectivity index (χ4n) is 1.74. The number of fused-ring (bicyclic) bond motifs is 1. The number of nitrogens with zero attached hydrogens (tertiary/aromatic N) is 3. The smallest absolute Gasteiger partial charge is 0.265 e. The summed E-state index contributed by atoms with van der Waals surface area (Å²) in [5, 5.41) is 9.36. The van der Waals surface area contributed by atoms with Crippen LogP contribution in [0.5, 0.6) is 0 Å². The zero-order chi connectivity index (χ0) is 14.0. The summed E-state index contributed by atoms with van der Waals surface area (Å²) in [7, 11) is 1.67. The van der Waals surface area contributed by atoms with Crippen molar-refractivity contribution in [3.05, 3.63) is 22.7 Å². The summed E-state index contributed by atoms with van der Waals surface area (Å²) in [4.78, 5) is 19.4. The molecule has 0 fully saturated rings. The SMILES string of the molecule is Cc1ccc2c(N)c(C(=O)N(C)CCC#N)sc2n1. The summed E-state index contributed by atoms with van der Waals surface area (Å²) in [5.41, 5.74) is 7.38. The van der Waals surface area contributed by atoms with Gasteiger partial charge in [-0.3, -0.25) is 4.79 Å². The third-order valence-corrected chi connectivity index (χ3v) is 3.94. The summed E-state index contributed by atoms with van der Waals surface area (Å²) in [5.74, 6) is -0.159. The van der Waals surface area contributed by atoms with E-state index in [1.807, 2.05) is 25.1 Å². The molecule has 5 nitrogen and oxygen atoms in total. The molecule has 0 aromatic carbocycles. The Morgan fingerprint density at radius 1 is 1.58 bits per heavy atom. The number of nitrogen functional groups attached to an aromatic ring is 1. The Bertz CT molecular complexity index is 671. The van der Waals surface area contributed by atoms with Gasteiger partial charge in [0.15, 0.2) is 0 Å². The van der Waals surface area contributed by atoms with Gasteiger partial charge in [0.2, 0.25) is 0 Å². The molecular formula is C13H14N4OS. The molecule has 0 saturated carbocycles. The number of rotatable bonds is 3. The van der Waals surface area contributed by atoms with Crippen LogP contribution in [0.3, 0.4) is 0 Å². The van der Waals surface area contributed by atoms with E-state index in [1.54, 1.807) is 7.05 Å². The molecule has 0 radical (unpaired) electrons. The maximum atomic E-state index is 12.2. The van der Waals surface area contributed by atoms with Crippen molar-refractivity contribution in [1.29, 1.82) is 5.26 Å². The topological polar surface area (TPSA) is 83.0 Å². The van der Waals surface area contributed by atoms with Gasteiger partial charge in [-0.05, 0) is 19.1 Å². The third-order valence-electron chi connectivity index (χ3n) is 2.83. The molecule has 98 valence electrons. The number of thiophene rings is 1. The first-order valence-corrected chi connectivity index (χ1v) is 6.64. The maximum absolute atomic E-state index is 12.2. The molecule has 2 aromatic rings. The van der Waals surface area contributed by atoms with Crippen LogP contribution in [0.25, 0.3) is 10.2 Å². The second-order valence-electron chi connectivity index (χ2n) is 4.29. The van der Waals surface area contributed by atoms with Crippen LogP contribution < -0.4 is 5.73 Å². The number of hydrogen-bond acceptors (Lipinski definition) is 5. The van der Waals surface area contributed by atoms with Crippen molar-refractivity contribution in [2.75, 3.05) is 19.3 Å². The van der Waals surface area contributed by atoms with Crippen molar-refractivity contribution in [3.63, 3.8) is 0 Å². The molecule has 0 atom stereocenters. The molecule has 19 heavy (non-hydrogen) atoms. The van der Waals surface area contributed by atoms with Gasteiger partial charge in [0.1, 0.15) is 9.71 Å². The first kappa shape index (κ1) is 13.3. The molecule has 1 amide bonds. The minimum absolute atomic E-state index is 0.159. The molecule has 0 aliphatic carbocycles. The normalized spacial score (nSPS) is 10.4. The average Bonchev–Trinajstić information content (AvgIpc) is 2.71. The van der Waals surface area contributed by atoms with Crippen LogP contribution in [-0.2, 0) is 0 Å². The Kier molecular flexibility index (Phi) is 3.67. The van der Waals surface area contributed by atoms with Gasteiger partial charge < -0.3 is 10.6 Å². The fraction of sp³-hybridized carbons (Fsp3) is 0.308. The monoisotopic (exact) mass is 274 g/mol. The van der Waals surface area contributed by atoms with E-state index >= 15 is 0 Å². The first-order valence-electron chi connectivity index (χ1n) is 5.82. The van der Waals surface area contributed by atoms with E-state index in [0.717, 1.165) is 15.9 Å². The molecule has 0 unspecified atom stereocenters. The predicted molar refractivity (Wildman–Crippen MR) is 76.0 cm³/mol. The Morgan fingerprint density at radius 3 is 3.00 bits per heavy atom. The van der Waals surface area contributed by atoms with Gasteiger partial charge in [-0.15, -0.1) is 11.3 Å². The molecule has 2 rings (SSSR count). The highest BCUT2D eigenvalue weighted by Crippen LogP contribution is 2.33. The molecule has 6 heteroatoms. The van der Waals surface area contributed by atoms with Gasteiger partial charge in [0.05, 0.1) is 18.2 Å². The van der Waals surface area contributed by atoms with Crippen LogP contribution in [0.4, 0.5) is 5.69 Å². The van der Waals surface area contributed by atoms with Crippen LogP contribution in [0.2, 0.25) is 0 Å². The van der Waals surface area contributed by atoms with Crippen molar-refractivity contribution in [2.45, 2.75) is 13.3 Å². The molecule has 0 aliphatic rings. The summed E-state index contributed by atoms with van der Waals surface area (Å²) < 4.78 is 0. The number of aryl methyl sites for hydroxylation is 1. The molecule has 0 spiro atoms. The molecular weight excluding hydrogens is 260 g/mol. The highest BCUT2D eigenvalue weighted by atomic mass is 32.1. The number of hydrogen-bond donors (Lipinski definition) is 1. The van der Waals surface area contributed by atoms with E-state index < -0.39 is 0 Å². The Morgan fingerprint density at radius 2 is 2.32 bits per heavy atom. The first-order chi connectivity index (χ1) is 9.04. The van der Waals surface area contributed by atoms with Crippen LogP contribution >= 0.6 is 11.3 Å². The highest BCUT2D eigenvalue weighted by Gasteiger charge is 2.20. The fourth-order valence-corrected chi connectivity index (χ4v) is 2.88. The second kappa shape index (κ2) is 5.24. The van der Waals surface area contributed by atoms with E-state index in [2.05, 4.69) is 4.98 Å². The molecule has 0 saturated heterocycles. The molecule has 0 aliphatic heterocycles. The number of nitriles is 1. The van der Waals surface area contributed by atoms with Crippen LogP contribution in [0, 0.1) is 18.3 Å². The van der Waals surface area contributed by atoms with Gasteiger partial charge >= 0.3 is 0 Å². The van der Waals surface area contributed by atoms with Crippen LogP contribution in [0.15, 0.2) is 12.1 Å². The van der Waals surface area contributed by atoms with Gasteiger partial charge in [-0.2, -0.15) is 5.26 Å². The van der Waals surface area contributed by atoms with Crippen LogP contribution in [-0.4, -0.2) is 29.4 Å². The number of nitrogens with two attached hydrogens (primary N) is 1. The molecule has 2 N–H and O–H groups in total. The summed E-state index contributed by atoms with van der Waals surface area (Å²) in [6, 6.07) is 5.78. The average molecular weight is 274 g/mol. The lowest BCUT2D eigenvalue weighted by atomic mass is 10.2. The lowest BCUT2D eigenvalue weighted by molar-refractivity contribution is 0.0803. The summed E-state index contributed by atoms with van der Waals surface area (Å²) >= 11 is 1.30. The number of carbonyl (C=O) groups is 1. The number of carbonyl (C=O) groups excluding carboxylic acids is 1. The Hall–Kier alpha value is -2.13. The van der Waals surface area contributed by atoms with Crippen molar-refractivity contribution in [2.24, 2.45) is 0 Å². The van der Waals surface area contributed by atoms with E-state index in [9.17, 15) is 4.79 Å². The lowest BCUT2D eigenvalue weighted by Gasteiger charge is -2.14. The molecule has 2 aromatic heterocycles. The van der Waals surface area contributed by atoms with Crippen molar-refractivity contribution >= 4 is 33.1 Å². The predicted octanol–water partition coefficient (Wildman–Crippen LogP) is 2.17. The molecule has 0 bridgehead atoms. The van der Waals surface area contributed by atoms with Crippen molar-refractivity contribution in [1.82, 2.24) is 9.88 Å². The number of anilines is 1. The Balaban J connectivity index is 2.37. The maximum Gasteiger partial charge on any atom is 0.265 e. The van der Waals surface area contributed by atoms with Crippen LogP contribution in [0.1, 0.15) is 21.8 Å². The quantitative estimate of drug-likeness (QED) is 0.929. The van der Waals surface area contributed by atoms with Gasteiger partial charge in [0.25, 0.3) is 5.91 Å². The number of amides is 1. The van der Waals surface area contributed by atoms with E-state index in [0.29, 0.717) is 23.5 Å². The Labute approximate surface area is 115 Å². The minimum Gasteiger partial charge on any atom is -0.397 e. The van der Waals surface area contributed by atoms with Gasteiger partial charge in [-0.1, -0.05) is 0 Å². The standard InChI is InChI=1S/C13H14N4OS/c1-8-4-5-9-10(15)11(19-12(9)16-8)13(18)17(2)7-3-6-14/h4-5H,3,7,15H2,1-2H3. The largest absolute Gasteiger partial charge is 0.397 e. The summed E-state index contributed by atoms with van der Waals surface area (Å²) in [6.07, 6.45) is 0.310. The molecule has 2 heterocycles. The zero-order valence-electron chi connectivity index (χ0n) is 10.8.